The van der Waals surface area contributed by atoms with Gasteiger partial charge in [-0.2, -0.15) is 0 Å². The highest BCUT2D eigenvalue weighted by Gasteiger charge is 2.57. The van der Waals surface area contributed by atoms with Crippen LogP contribution in [0.25, 0.3) is 10.9 Å². The van der Waals surface area contributed by atoms with Crippen molar-refractivity contribution in [1.82, 2.24) is 19.3 Å². The van der Waals surface area contributed by atoms with Gasteiger partial charge in [0.1, 0.15) is 11.3 Å². The summed E-state index contributed by atoms with van der Waals surface area (Å²) in [5.41, 5.74) is 2.69. The quantitative estimate of drug-likeness (QED) is 0.406. The molecular weight excluding hydrogens is 464 g/mol. The van der Waals surface area contributed by atoms with Crippen LogP contribution in [0.15, 0.2) is 54.7 Å². The lowest BCUT2D eigenvalue weighted by atomic mass is 9.85. The highest BCUT2D eigenvalue weighted by Crippen LogP contribution is 2.39. The van der Waals surface area contributed by atoms with Crippen molar-refractivity contribution in [2.24, 2.45) is 13.0 Å². The second-order valence-corrected chi connectivity index (χ2v) is 10.9. The maximum Gasteiger partial charge on any atom is 0.327 e. The highest BCUT2D eigenvalue weighted by atomic mass is 16.5. The number of aromatic nitrogens is 1. The number of likely N-dealkylation sites (tertiary alicyclic amines) is 1. The van der Waals surface area contributed by atoms with Crippen LogP contribution in [0, 0.1) is 5.92 Å². The van der Waals surface area contributed by atoms with E-state index >= 15 is 0 Å². The Kier molecular flexibility index (Phi) is 6.99. The third-order valence-corrected chi connectivity index (χ3v) is 8.08. The van der Waals surface area contributed by atoms with Crippen LogP contribution in [0.2, 0.25) is 0 Å². The summed E-state index contributed by atoms with van der Waals surface area (Å²) in [6, 6.07) is 15.9. The number of hydrogen-bond acceptors (Lipinski definition) is 4. The molecular formula is C30H38N4O3. The van der Waals surface area contributed by atoms with Crippen molar-refractivity contribution in [2.45, 2.75) is 51.7 Å². The zero-order valence-corrected chi connectivity index (χ0v) is 22.4. The van der Waals surface area contributed by atoms with Gasteiger partial charge in [0.15, 0.2) is 0 Å². The Labute approximate surface area is 219 Å². The Bertz CT molecular complexity index is 1290. The number of imide groups is 1. The Balaban J connectivity index is 1.35. The predicted molar refractivity (Wildman–Crippen MR) is 145 cm³/mol. The van der Waals surface area contributed by atoms with E-state index in [1.165, 1.54) is 21.4 Å². The number of urea groups is 1. The molecule has 3 amide bonds. The maximum atomic E-state index is 14.0. The van der Waals surface area contributed by atoms with E-state index in [9.17, 15) is 9.59 Å². The standard InChI is InChI=1S/C30H38N4O3/c1-22(2)12-15-34-29(36)33(19-23-8-7-9-25(18-23)37-4)28(35)30(34)13-16-32(17-14-30)21-24-20-31(3)27-11-6-5-10-26(24)27/h5-11,18,20,22H,12-17,19,21H2,1-4H3. The maximum absolute atomic E-state index is 14.0. The van der Waals surface area contributed by atoms with Crippen LogP contribution in [-0.4, -0.2) is 63.5 Å². The van der Waals surface area contributed by atoms with Crippen molar-refractivity contribution in [3.05, 3.63) is 65.9 Å². The first kappa shape index (κ1) is 25.3. The SMILES string of the molecule is COc1cccc(CN2C(=O)N(CCC(C)C)C3(CCN(Cc4cn(C)c5ccccc45)CC3)C2=O)c1. The van der Waals surface area contributed by atoms with Gasteiger partial charge >= 0.3 is 6.03 Å². The van der Waals surface area contributed by atoms with E-state index in [0.717, 1.165) is 37.4 Å². The molecule has 0 unspecified atom stereocenters. The normalized spacial score (nSPS) is 18.1. The number of carbonyl (C=O) groups excluding carboxylic acids is 2. The molecule has 3 aromatic rings. The van der Waals surface area contributed by atoms with Crippen LogP contribution in [0.3, 0.4) is 0 Å². The summed E-state index contributed by atoms with van der Waals surface area (Å²) in [4.78, 5) is 33.4. The fraction of sp³-hybridized carbons (Fsp3) is 0.467. The number of piperidine rings is 1. The van der Waals surface area contributed by atoms with E-state index in [0.29, 0.717) is 25.3 Å². The Morgan fingerprint density at radius 3 is 2.49 bits per heavy atom. The molecule has 0 aliphatic carbocycles. The van der Waals surface area contributed by atoms with E-state index in [-0.39, 0.29) is 18.5 Å². The molecule has 0 bridgehead atoms. The van der Waals surface area contributed by atoms with Crippen molar-refractivity contribution < 1.29 is 14.3 Å². The minimum Gasteiger partial charge on any atom is -0.497 e. The monoisotopic (exact) mass is 502 g/mol. The molecule has 196 valence electrons. The Morgan fingerprint density at radius 2 is 1.76 bits per heavy atom. The average Bonchev–Trinajstić information content (AvgIpc) is 3.31. The summed E-state index contributed by atoms with van der Waals surface area (Å²) in [5, 5.41) is 1.28. The van der Waals surface area contributed by atoms with Crippen molar-refractivity contribution in [1.29, 1.82) is 0 Å². The van der Waals surface area contributed by atoms with Gasteiger partial charge in [0, 0.05) is 50.3 Å². The molecule has 2 aromatic carbocycles. The third-order valence-electron chi connectivity index (χ3n) is 8.08. The van der Waals surface area contributed by atoms with Gasteiger partial charge in [0.2, 0.25) is 0 Å². The van der Waals surface area contributed by atoms with Gasteiger partial charge in [0.05, 0.1) is 13.7 Å². The molecule has 0 saturated carbocycles. The molecule has 3 heterocycles. The number of benzene rings is 2. The Hall–Kier alpha value is -3.32. The van der Waals surface area contributed by atoms with E-state index in [2.05, 4.69) is 60.8 Å². The number of nitrogens with zero attached hydrogens (tertiary/aromatic N) is 4. The van der Waals surface area contributed by atoms with Gasteiger partial charge in [-0.3, -0.25) is 14.6 Å². The van der Waals surface area contributed by atoms with Crippen molar-refractivity contribution in [3.63, 3.8) is 0 Å². The number of fused-ring (bicyclic) bond motifs is 1. The first-order valence-electron chi connectivity index (χ1n) is 13.3. The van der Waals surface area contributed by atoms with Gasteiger partial charge in [-0.15, -0.1) is 0 Å². The summed E-state index contributed by atoms with van der Waals surface area (Å²) in [5.74, 6) is 1.14. The van der Waals surface area contributed by atoms with Gasteiger partial charge in [-0.1, -0.05) is 44.2 Å². The van der Waals surface area contributed by atoms with Crippen LogP contribution in [0.1, 0.15) is 44.2 Å². The van der Waals surface area contributed by atoms with Gasteiger partial charge in [-0.05, 0) is 54.5 Å². The Morgan fingerprint density at radius 1 is 1.00 bits per heavy atom. The first-order valence-corrected chi connectivity index (χ1v) is 13.3. The summed E-state index contributed by atoms with van der Waals surface area (Å²) < 4.78 is 7.53. The van der Waals surface area contributed by atoms with E-state index in [1.54, 1.807) is 7.11 Å². The van der Waals surface area contributed by atoms with Crippen molar-refractivity contribution in [3.8, 4) is 5.75 Å². The molecule has 2 aliphatic rings. The molecule has 0 N–H and O–H groups in total. The lowest BCUT2D eigenvalue weighted by Gasteiger charge is -2.42. The smallest absolute Gasteiger partial charge is 0.327 e. The molecule has 2 saturated heterocycles. The molecule has 2 aliphatic heterocycles. The number of rotatable bonds is 8. The summed E-state index contributed by atoms with van der Waals surface area (Å²) in [7, 11) is 3.71. The summed E-state index contributed by atoms with van der Waals surface area (Å²) in [6.45, 7) is 7.63. The average molecular weight is 503 g/mol. The number of para-hydroxylation sites is 1. The predicted octanol–water partition coefficient (Wildman–Crippen LogP) is 5.03. The molecule has 0 atom stereocenters. The van der Waals surface area contributed by atoms with Gasteiger partial charge in [-0.25, -0.2) is 4.79 Å². The number of hydrogen-bond donors (Lipinski definition) is 0. The van der Waals surface area contributed by atoms with Gasteiger partial charge in [0.25, 0.3) is 5.91 Å². The molecule has 1 spiro atoms. The molecule has 37 heavy (non-hydrogen) atoms. The van der Waals surface area contributed by atoms with Crippen LogP contribution >= 0.6 is 0 Å². The number of methoxy groups -OCH3 is 1. The zero-order valence-electron chi connectivity index (χ0n) is 22.4. The first-order chi connectivity index (χ1) is 17.8. The summed E-state index contributed by atoms with van der Waals surface area (Å²) >= 11 is 0. The van der Waals surface area contributed by atoms with E-state index < -0.39 is 5.54 Å². The second-order valence-electron chi connectivity index (χ2n) is 10.9. The van der Waals surface area contributed by atoms with Crippen LogP contribution in [-0.2, 0) is 24.9 Å². The minimum absolute atomic E-state index is 0.0473. The van der Waals surface area contributed by atoms with Crippen molar-refractivity contribution >= 4 is 22.8 Å². The largest absolute Gasteiger partial charge is 0.497 e. The van der Waals surface area contributed by atoms with Crippen LogP contribution in [0.5, 0.6) is 5.75 Å². The zero-order chi connectivity index (χ0) is 26.2. The molecule has 7 heteroatoms. The molecule has 5 rings (SSSR count). The fourth-order valence-corrected chi connectivity index (χ4v) is 5.93. The molecule has 2 fully saturated rings. The van der Waals surface area contributed by atoms with E-state index in [1.807, 2.05) is 29.2 Å². The van der Waals surface area contributed by atoms with Crippen LogP contribution < -0.4 is 4.74 Å². The molecule has 0 radical (unpaired) electrons. The highest BCUT2D eigenvalue weighted by molar-refractivity contribution is 6.07. The van der Waals surface area contributed by atoms with Gasteiger partial charge < -0.3 is 14.2 Å². The van der Waals surface area contributed by atoms with Crippen molar-refractivity contribution in [2.75, 3.05) is 26.7 Å². The van der Waals surface area contributed by atoms with E-state index in [4.69, 9.17) is 4.74 Å². The second kappa shape index (κ2) is 10.2. The fourth-order valence-electron chi connectivity index (χ4n) is 5.93. The minimum atomic E-state index is -0.750. The molecule has 1 aromatic heterocycles. The third kappa shape index (κ3) is 4.73. The lowest BCUT2D eigenvalue weighted by Crippen LogP contribution is -2.56. The molecule has 7 nitrogen and oxygen atoms in total. The topological polar surface area (TPSA) is 58.0 Å². The number of carbonyl (C=O) groups is 2. The van der Waals surface area contributed by atoms with Crippen LogP contribution in [0.4, 0.5) is 4.79 Å². The summed E-state index contributed by atoms with van der Waals surface area (Å²) in [6.07, 6.45) is 4.42. The number of aryl methyl sites for hydroxylation is 1. The lowest BCUT2D eigenvalue weighted by molar-refractivity contribution is -0.136. The number of amides is 3. The number of ether oxygens (including phenoxy) is 1.